The third kappa shape index (κ3) is 5.59. The molecule has 0 atom stereocenters. The minimum absolute atomic E-state index is 0.867. The van der Waals surface area contributed by atoms with E-state index < -0.39 is 0 Å². The molecule has 1 aromatic heterocycles. The highest BCUT2D eigenvalue weighted by molar-refractivity contribution is 7.11. The summed E-state index contributed by atoms with van der Waals surface area (Å²) in [5, 5.41) is 7.83. The summed E-state index contributed by atoms with van der Waals surface area (Å²) in [6.07, 6.45) is 3.06. The van der Waals surface area contributed by atoms with E-state index in [1.54, 1.807) is 0 Å². The molecule has 1 heterocycles. The van der Waals surface area contributed by atoms with Gasteiger partial charge in [-0.05, 0) is 26.7 Å². The summed E-state index contributed by atoms with van der Waals surface area (Å²) in [5.41, 5.74) is 1.24. The number of guanidine groups is 1. The van der Waals surface area contributed by atoms with Crippen molar-refractivity contribution < 1.29 is 0 Å². The fraction of sp³-hybridized carbons (Fsp3) is 0.714. The third-order valence-corrected chi connectivity index (χ3v) is 3.81. The first-order valence-corrected chi connectivity index (χ1v) is 8.00. The van der Waals surface area contributed by atoms with Crippen molar-refractivity contribution in [3.05, 3.63) is 15.6 Å². The smallest absolute Gasteiger partial charge is 0.191 e. The number of hydrogen-bond acceptors (Lipinski definition) is 3. The lowest BCUT2D eigenvalue weighted by Gasteiger charge is -2.10. The van der Waals surface area contributed by atoms with Crippen molar-refractivity contribution in [1.29, 1.82) is 0 Å². The zero-order chi connectivity index (χ0) is 14.1. The predicted molar refractivity (Wildman–Crippen MR) is 84.2 cm³/mol. The van der Waals surface area contributed by atoms with Gasteiger partial charge in [-0.2, -0.15) is 0 Å². The van der Waals surface area contributed by atoms with Crippen molar-refractivity contribution in [3.63, 3.8) is 0 Å². The van der Waals surface area contributed by atoms with E-state index in [0.717, 1.165) is 44.9 Å². The first kappa shape index (κ1) is 16.0. The largest absolute Gasteiger partial charge is 0.357 e. The van der Waals surface area contributed by atoms with Gasteiger partial charge in [-0.3, -0.25) is 4.99 Å². The van der Waals surface area contributed by atoms with Crippen LogP contribution in [0.3, 0.4) is 0 Å². The molecule has 0 spiro atoms. The molecule has 4 nitrogen and oxygen atoms in total. The highest BCUT2D eigenvalue weighted by atomic mass is 32.1. The van der Waals surface area contributed by atoms with Crippen LogP contribution in [0.4, 0.5) is 0 Å². The fourth-order valence-electron chi connectivity index (χ4n) is 1.78. The van der Waals surface area contributed by atoms with Gasteiger partial charge in [0.2, 0.25) is 0 Å². The summed E-state index contributed by atoms with van der Waals surface area (Å²) in [5.74, 6) is 0.911. The predicted octanol–water partition coefficient (Wildman–Crippen LogP) is 2.52. The van der Waals surface area contributed by atoms with Crippen molar-refractivity contribution >= 4 is 17.3 Å². The molecule has 108 valence electrons. The quantitative estimate of drug-likeness (QED) is 0.597. The van der Waals surface area contributed by atoms with Crippen LogP contribution in [0.2, 0.25) is 0 Å². The first-order chi connectivity index (χ1) is 9.21. The van der Waals surface area contributed by atoms with Crippen molar-refractivity contribution in [2.45, 2.75) is 47.0 Å². The SMILES string of the molecule is CCCN=C(NCC)NCCc1nc(CC)c(C)s1. The van der Waals surface area contributed by atoms with Crippen molar-refractivity contribution in [2.24, 2.45) is 4.99 Å². The molecule has 5 heteroatoms. The minimum Gasteiger partial charge on any atom is -0.357 e. The second kappa shape index (κ2) is 8.91. The van der Waals surface area contributed by atoms with Gasteiger partial charge >= 0.3 is 0 Å². The topological polar surface area (TPSA) is 49.3 Å². The Morgan fingerprint density at radius 3 is 2.63 bits per heavy atom. The molecule has 0 saturated heterocycles. The number of aliphatic imine (C=N–C) groups is 1. The van der Waals surface area contributed by atoms with Crippen molar-refractivity contribution in [3.8, 4) is 0 Å². The van der Waals surface area contributed by atoms with Gasteiger partial charge in [0.15, 0.2) is 5.96 Å². The maximum absolute atomic E-state index is 4.65. The van der Waals surface area contributed by atoms with Gasteiger partial charge < -0.3 is 10.6 Å². The molecule has 0 aromatic carbocycles. The maximum atomic E-state index is 4.65. The molecule has 19 heavy (non-hydrogen) atoms. The number of nitrogens with one attached hydrogen (secondary N) is 2. The Morgan fingerprint density at radius 1 is 1.26 bits per heavy atom. The van der Waals surface area contributed by atoms with E-state index in [1.807, 2.05) is 11.3 Å². The summed E-state index contributed by atoms with van der Waals surface area (Å²) in [7, 11) is 0. The molecule has 0 aliphatic carbocycles. The van der Waals surface area contributed by atoms with Gasteiger partial charge in [-0.1, -0.05) is 13.8 Å². The lowest BCUT2D eigenvalue weighted by atomic mass is 10.3. The zero-order valence-electron chi connectivity index (χ0n) is 12.5. The van der Waals surface area contributed by atoms with Crippen molar-refractivity contribution in [1.82, 2.24) is 15.6 Å². The minimum atomic E-state index is 0.867. The van der Waals surface area contributed by atoms with Gasteiger partial charge in [0.05, 0.1) is 10.7 Å². The highest BCUT2D eigenvalue weighted by Gasteiger charge is 2.05. The summed E-state index contributed by atoms with van der Waals surface area (Å²) in [6.45, 7) is 11.2. The molecule has 0 fully saturated rings. The van der Waals surface area contributed by atoms with E-state index in [0.29, 0.717) is 0 Å². The van der Waals surface area contributed by atoms with Gasteiger partial charge in [-0.15, -0.1) is 11.3 Å². The van der Waals surface area contributed by atoms with E-state index >= 15 is 0 Å². The molecule has 1 aromatic rings. The van der Waals surface area contributed by atoms with E-state index in [1.165, 1.54) is 15.6 Å². The first-order valence-electron chi connectivity index (χ1n) is 7.18. The Hall–Kier alpha value is -1.10. The molecule has 0 aliphatic heterocycles. The highest BCUT2D eigenvalue weighted by Crippen LogP contribution is 2.17. The van der Waals surface area contributed by atoms with Crippen LogP contribution in [-0.2, 0) is 12.8 Å². The second-order valence-electron chi connectivity index (χ2n) is 4.40. The van der Waals surface area contributed by atoms with Gasteiger partial charge in [0.25, 0.3) is 0 Å². The zero-order valence-corrected chi connectivity index (χ0v) is 13.4. The maximum Gasteiger partial charge on any atom is 0.191 e. The fourth-order valence-corrected chi connectivity index (χ4v) is 2.80. The van der Waals surface area contributed by atoms with Crippen LogP contribution in [0.15, 0.2) is 4.99 Å². The van der Waals surface area contributed by atoms with Crippen LogP contribution in [0, 0.1) is 6.92 Å². The Balaban J connectivity index is 2.42. The van der Waals surface area contributed by atoms with Crippen LogP contribution < -0.4 is 10.6 Å². The van der Waals surface area contributed by atoms with Crippen LogP contribution in [-0.4, -0.2) is 30.6 Å². The Morgan fingerprint density at radius 2 is 2.05 bits per heavy atom. The van der Waals surface area contributed by atoms with Crippen LogP contribution >= 0.6 is 11.3 Å². The monoisotopic (exact) mass is 282 g/mol. The van der Waals surface area contributed by atoms with Crippen molar-refractivity contribution in [2.75, 3.05) is 19.6 Å². The summed E-state index contributed by atoms with van der Waals surface area (Å²) >= 11 is 1.81. The molecular formula is C14H26N4S. The average Bonchev–Trinajstić information content (AvgIpc) is 2.76. The van der Waals surface area contributed by atoms with E-state index in [2.05, 4.69) is 48.3 Å². The van der Waals surface area contributed by atoms with Crippen LogP contribution in [0.25, 0.3) is 0 Å². The van der Waals surface area contributed by atoms with Gasteiger partial charge in [-0.25, -0.2) is 4.98 Å². The molecule has 2 N–H and O–H groups in total. The van der Waals surface area contributed by atoms with Gasteiger partial charge in [0.1, 0.15) is 0 Å². The standard InChI is InChI=1S/C14H26N4S/c1-5-9-16-14(15-7-3)17-10-8-13-18-12(6-2)11(4)19-13/h5-10H2,1-4H3,(H2,15,16,17). The number of rotatable bonds is 7. The Labute approximate surface area is 120 Å². The molecule has 0 saturated carbocycles. The Kier molecular flexibility index (Phi) is 7.48. The molecule has 0 aliphatic rings. The van der Waals surface area contributed by atoms with E-state index in [4.69, 9.17) is 0 Å². The summed E-state index contributed by atoms with van der Waals surface area (Å²) < 4.78 is 0. The van der Waals surface area contributed by atoms with E-state index in [9.17, 15) is 0 Å². The molecule has 0 radical (unpaired) electrons. The molecule has 1 rings (SSSR count). The average molecular weight is 282 g/mol. The molecule has 0 amide bonds. The third-order valence-electron chi connectivity index (χ3n) is 2.74. The number of thiazole rings is 1. The number of hydrogen-bond donors (Lipinski definition) is 2. The normalized spacial score (nSPS) is 11.7. The molecular weight excluding hydrogens is 256 g/mol. The molecule has 0 unspecified atom stereocenters. The Bertz CT molecular complexity index is 398. The summed E-state index contributed by atoms with van der Waals surface area (Å²) in [4.78, 5) is 10.5. The van der Waals surface area contributed by atoms with E-state index in [-0.39, 0.29) is 0 Å². The lowest BCUT2D eigenvalue weighted by Crippen LogP contribution is -2.38. The lowest BCUT2D eigenvalue weighted by molar-refractivity contribution is 0.788. The van der Waals surface area contributed by atoms with Crippen LogP contribution in [0.1, 0.15) is 42.8 Å². The van der Waals surface area contributed by atoms with Gasteiger partial charge in [0, 0.05) is 30.9 Å². The molecule has 0 bridgehead atoms. The second-order valence-corrected chi connectivity index (χ2v) is 5.69. The van der Waals surface area contributed by atoms with Crippen LogP contribution in [0.5, 0.6) is 0 Å². The number of aromatic nitrogens is 1. The summed E-state index contributed by atoms with van der Waals surface area (Å²) in [6, 6.07) is 0. The number of nitrogens with zero attached hydrogens (tertiary/aromatic N) is 2. The number of aryl methyl sites for hydroxylation is 2.